The van der Waals surface area contributed by atoms with Crippen LogP contribution in [0.15, 0.2) is 24.3 Å². The quantitative estimate of drug-likeness (QED) is 0.244. The zero-order chi connectivity index (χ0) is 47.5. The molecular weight excluding hydrogens is 801 g/mol. The maximum Gasteiger partial charge on any atom is 0.309 e. The van der Waals surface area contributed by atoms with E-state index in [-0.39, 0.29) is 44.5 Å². The second-order valence-electron chi connectivity index (χ2n) is 28.9. The zero-order valence-electron chi connectivity index (χ0n) is 43.8. The molecule has 19 atom stereocenters. The van der Waals surface area contributed by atoms with Crippen LogP contribution in [0, 0.1) is 113 Å². The van der Waals surface area contributed by atoms with Gasteiger partial charge in [0.05, 0.1) is 11.5 Å². The summed E-state index contributed by atoms with van der Waals surface area (Å²) in [5.74, 6) is 5.39. The van der Waals surface area contributed by atoms with Gasteiger partial charge in [-0.25, -0.2) is 0 Å². The standard InChI is InChI=1S/C30H46O3.C30H50O2/c1-18(2)19-10-15-30(25(32)33)17-16-28(6)20(24(19)30)8-9-22-27(5)13-12-23(31)26(3,4)21(27)11-14-29(22,28)7;1-19(2)20-10-15-30(18-31)17-16-28(6)21(25(20)30)8-9-23-27(5)13-12-24(32)26(3,4)22(27)11-14-29(23,28)7/h19-22,24H,1,8-17H2,2-7H3,(H,32,33);20-25,31-32H,1,8-18H2,2-7H3/t19-,20+,21-,22+,24+,27-,28+,29+,30-;20-,21+,22-,23+,24-,25+,27-,28+,29+,30+/m00/s1. The van der Waals surface area contributed by atoms with Gasteiger partial charge in [-0.2, -0.15) is 0 Å². The van der Waals surface area contributed by atoms with E-state index in [0.29, 0.717) is 70.1 Å². The lowest BCUT2D eigenvalue weighted by molar-refractivity contribution is -0.249. The Morgan fingerprint density at radius 1 is 0.554 bits per heavy atom. The second-order valence-corrected chi connectivity index (χ2v) is 28.9. The smallest absolute Gasteiger partial charge is 0.309 e. The van der Waals surface area contributed by atoms with Crippen LogP contribution in [-0.4, -0.2) is 39.8 Å². The molecule has 0 aromatic rings. The van der Waals surface area contributed by atoms with Crippen LogP contribution >= 0.6 is 0 Å². The van der Waals surface area contributed by atoms with Crippen molar-refractivity contribution < 1.29 is 24.9 Å². The van der Waals surface area contributed by atoms with Crippen LogP contribution in [0.1, 0.15) is 212 Å². The van der Waals surface area contributed by atoms with Crippen LogP contribution in [0.4, 0.5) is 0 Å². The first-order valence-corrected chi connectivity index (χ1v) is 27.5. The number of aliphatic hydroxyl groups excluding tert-OH is 2. The number of rotatable bonds is 4. The number of carboxylic acid groups (broad SMARTS) is 1. The maximum atomic E-state index is 12.9. The fourth-order valence-electron chi connectivity index (χ4n) is 22.9. The number of carbonyl (C=O) groups is 2. The molecule has 10 aliphatic rings. The third-order valence-corrected chi connectivity index (χ3v) is 26.8. The largest absolute Gasteiger partial charge is 0.481 e. The van der Waals surface area contributed by atoms with Crippen molar-refractivity contribution in [3.8, 4) is 0 Å². The Morgan fingerprint density at radius 3 is 1.62 bits per heavy atom. The molecule has 0 heterocycles. The minimum Gasteiger partial charge on any atom is -0.481 e. The minimum absolute atomic E-state index is 0.0290. The molecule has 10 rings (SSSR count). The minimum atomic E-state index is -0.547. The van der Waals surface area contributed by atoms with Crippen molar-refractivity contribution in [3.05, 3.63) is 24.3 Å². The number of ketones is 1. The summed E-state index contributed by atoms with van der Waals surface area (Å²) >= 11 is 0. The molecule has 0 bridgehead atoms. The van der Waals surface area contributed by atoms with Crippen molar-refractivity contribution >= 4 is 11.8 Å². The van der Waals surface area contributed by atoms with E-state index in [1.807, 2.05) is 0 Å². The molecule has 5 nitrogen and oxygen atoms in total. The fraction of sp³-hybridized carbons (Fsp3) is 0.900. The number of carboxylic acids is 1. The number of hydrogen-bond donors (Lipinski definition) is 3. The molecule has 0 saturated heterocycles. The molecular formula is C60H96O5. The Balaban J connectivity index is 0.000000164. The lowest BCUT2D eigenvalue weighted by Gasteiger charge is -2.73. The summed E-state index contributed by atoms with van der Waals surface area (Å²) in [5, 5.41) is 32.0. The van der Waals surface area contributed by atoms with Crippen molar-refractivity contribution in [2.75, 3.05) is 6.61 Å². The van der Waals surface area contributed by atoms with E-state index < -0.39 is 11.4 Å². The van der Waals surface area contributed by atoms with E-state index in [2.05, 4.69) is 96.2 Å². The molecule has 10 aliphatic carbocycles. The van der Waals surface area contributed by atoms with Crippen molar-refractivity contribution in [2.45, 2.75) is 218 Å². The molecule has 10 fully saturated rings. The fourth-order valence-corrected chi connectivity index (χ4v) is 22.9. The number of allylic oxidation sites excluding steroid dienone is 2. The first-order chi connectivity index (χ1) is 30.1. The Bertz CT molecular complexity index is 1960. The summed E-state index contributed by atoms with van der Waals surface area (Å²) in [7, 11) is 0. The molecule has 0 amide bonds. The lowest BCUT2D eigenvalue weighted by Crippen LogP contribution is -2.66. The lowest BCUT2D eigenvalue weighted by atomic mass is 9.32. The van der Waals surface area contributed by atoms with Gasteiger partial charge in [0.2, 0.25) is 0 Å². The molecule has 5 heteroatoms. The number of fused-ring (bicyclic) bond motifs is 14. The molecule has 10 saturated carbocycles. The van der Waals surface area contributed by atoms with Gasteiger partial charge < -0.3 is 15.3 Å². The van der Waals surface area contributed by atoms with Gasteiger partial charge >= 0.3 is 5.97 Å². The third-order valence-electron chi connectivity index (χ3n) is 26.8. The number of carbonyl (C=O) groups excluding carboxylic acids is 1. The molecule has 0 aliphatic heterocycles. The van der Waals surface area contributed by atoms with Crippen LogP contribution in [-0.2, 0) is 9.59 Å². The van der Waals surface area contributed by atoms with E-state index in [0.717, 1.165) is 69.6 Å². The summed E-state index contributed by atoms with van der Waals surface area (Å²) < 4.78 is 0. The predicted octanol–water partition coefficient (Wildman–Crippen LogP) is 14.3. The van der Waals surface area contributed by atoms with Crippen LogP contribution < -0.4 is 0 Å². The van der Waals surface area contributed by atoms with Gasteiger partial charge in [0, 0.05) is 18.4 Å². The Morgan fingerprint density at radius 2 is 1.06 bits per heavy atom. The SMILES string of the molecule is C=C(C)[C@@H]1CC[C@]2(C(=O)O)CC[C@]3(C)[C@H](CC[C@@H]4[C@@]5(C)CCC(=O)C(C)(C)[C@@H]5CC[C@]43C)[C@@H]12.C=C(C)[C@@H]1CC[C@]2(CO)CC[C@]3(C)[C@H](CC[C@@H]4[C@@]5(C)CC[C@H](O)C(C)(C)[C@@H]5CC[C@]43C)[C@@H]12. The predicted molar refractivity (Wildman–Crippen MR) is 264 cm³/mol. The highest BCUT2D eigenvalue weighted by Crippen LogP contribution is 2.79. The van der Waals surface area contributed by atoms with E-state index in [9.17, 15) is 24.9 Å². The Hall–Kier alpha value is -1.46. The normalized spacial score (nSPS) is 54.6. The highest BCUT2D eigenvalue weighted by Gasteiger charge is 2.73. The average Bonchev–Trinajstić information content (AvgIpc) is 3.83. The molecule has 0 aromatic heterocycles. The maximum absolute atomic E-state index is 12.9. The first-order valence-electron chi connectivity index (χ1n) is 27.5. The molecule has 0 spiro atoms. The number of hydrogen-bond acceptors (Lipinski definition) is 4. The number of aliphatic carboxylic acids is 1. The van der Waals surface area contributed by atoms with E-state index in [1.165, 1.54) is 81.8 Å². The zero-order valence-corrected chi connectivity index (χ0v) is 43.8. The van der Waals surface area contributed by atoms with E-state index in [1.54, 1.807) is 0 Å². The van der Waals surface area contributed by atoms with Crippen molar-refractivity contribution in [2.24, 2.45) is 113 Å². The van der Waals surface area contributed by atoms with Gasteiger partial charge in [0.1, 0.15) is 5.78 Å². The van der Waals surface area contributed by atoms with Gasteiger partial charge in [-0.3, -0.25) is 9.59 Å². The third kappa shape index (κ3) is 6.12. The Kier molecular flexibility index (Phi) is 11.4. The highest BCUT2D eigenvalue weighted by atomic mass is 16.4. The summed E-state index contributed by atoms with van der Waals surface area (Å²) in [5.41, 5.74) is 3.63. The van der Waals surface area contributed by atoms with Crippen LogP contribution in [0.3, 0.4) is 0 Å². The summed E-state index contributed by atoms with van der Waals surface area (Å²) in [4.78, 5) is 25.7. The van der Waals surface area contributed by atoms with Gasteiger partial charge in [-0.15, -0.1) is 0 Å². The van der Waals surface area contributed by atoms with Gasteiger partial charge in [-0.1, -0.05) is 93.5 Å². The van der Waals surface area contributed by atoms with Gasteiger partial charge in [0.15, 0.2) is 0 Å². The summed E-state index contributed by atoms with van der Waals surface area (Å²) in [6, 6.07) is 0. The van der Waals surface area contributed by atoms with Gasteiger partial charge in [-0.05, 0) is 238 Å². The second kappa shape index (κ2) is 15.3. The van der Waals surface area contributed by atoms with Crippen LogP contribution in [0.5, 0.6) is 0 Å². The molecule has 65 heavy (non-hydrogen) atoms. The molecule has 0 unspecified atom stereocenters. The summed E-state index contributed by atoms with van der Waals surface area (Å²) in [6.45, 7) is 38.3. The van der Waals surface area contributed by atoms with Gasteiger partial charge in [0.25, 0.3) is 0 Å². The van der Waals surface area contributed by atoms with Crippen LogP contribution in [0.25, 0.3) is 0 Å². The van der Waals surface area contributed by atoms with Crippen molar-refractivity contribution in [3.63, 3.8) is 0 Å². The molecule has 0 radical (unpaired) electrons. The topological polar surface area (TPSA) is 94.8 Å². The van der Waals surface area contributed by atoms with Crippen molar-refractivity contribution in [1.82, 2.24) is 0 Å². The number of Topliss-reactive ketones (excluding diaryl/α,β-unsaturated/α-hetero) is 1. The summed E-state index contributed by atoms with van der Waals surface area (Å²) in [6.07, 6.45) is 22.4. The van der Waals surface area contributed by atoms with Crippen molar-refractivity contribution in [1.29, 1.82) is 0 Å². The first kappa shape index (κ1) is 48.6. The van der Waals surface area contributed by atoms with E-state index >= 15 is 0 Å². The molecule has 3 N–H and O–H groups in total. The van der Waals surface area contributed by atoms with Crippen LogP contribution in [0.2, 0.25) is 0 Å². The van der Waals surface area contributed by atoms with E-state index in [4.69, 9.17) is 0 Å². The molecule has 366 valence electrons. The molecule has 0 aromatic carbocycles. The number of aliphatic hydroxyl groups is 2. The monoisotopic (exact) mass is 897 g/mol. The average molecular weight is 897 g/mol. The highest BCUT2D eigenvalue weighted by molar-refractivity contribution is 5.85. The Labute approximate surface area is 397 Å².